The first-order valence-electron chi connectivity index (χ1n) is 12.5. The average Bonchev–Trinajstić information content (AvgIpc) is 3.51. The van der Waals surface area contributed by atoms with Gasteiger partial charge >= 0.3 is 0 Å². The van der Waals surface area contributed by atoms with Gasteiger partial charge in [-0.3, -0.25) is 19.7 Å². The Morgan fingerprint density at radius 1 is 0.757 bits per heavy atom. The number of carbonyl (C=O) groups is 2. The van der Waals surface area contributed by atoms with Gasteiger partial charge in [0.05, 0.1) is 22.4 Å². The minimum Gasteiger partial charge on any atom is -0.274 e. The molecular formula is C31H26N2O4. The molecule has 6 nitrogen and oxygen atoms in total. The summed E-state index contributed by atoms with van der Waals surface area (Å²) in [5.74, 6) is -1.99. The molecule has 2 fully saturated rings. The number of fused-ring (bicyclic) bond motifs is 5. The van der Waals surface area contributed by atoms with Crippen LogP contribution >= 0.6 is 0 Å². The van der Waals surface area contributed by atoms with E-state index >= 15 is 0 Å². The van der Waals surface area contributed by atoms with Crippen LogP contribution < -0.4 is 4.90 Å². The molecule has 1 heterocycles. The standard InChI is InChI=1S/C31H26N2O4/c1-17-4-9-20(10-5-17)26(21-11-6-18(2)7-12-21)27-23-14-15-24(27)29-28(23)30(34)32(31(29)35)22-13-8-19(3)25(16-22)33(36)37/h4-16,23-24,28-29H,1-3H3/t23-,24-,28-,29+/m1/s1. The van der Waals surface area contributed by atoms with Crippen LogP contribution in [0.4, 0.5) is 11.4 Å². The third-order valence-corrected chi connectivity index (χ3v) is 8.03. The lowest BCUT2D eigenvalue weighted by Crippen LogP contribution is -2.33. The van der Waals surface area contributed by atoms with Crippen molar-refractivity contribution in [2.75, 3.05) is 4.90 Å². The van der Waals surface area contributed by atoms with Crippen LogP contribution in [0.25, 0.3) is 5.57 Å². The van der Waals surface area contributed by atoms with Crippen LogP contribution in [0.3, 0.4) is 0 Å². The molecule has 0 radical (unpaired) electrons. The lowest BCUT2D eigenvalue weighted by Gasteiger charge is -2.22. The van der Waals surface area contributed by atoms with E-state index in [-0.39, 0.29) is 35.0 Å². The highest BCUT2D eigenvalue weighted by molar-refractivity contribution is 6.23. The van der Waals surface area contributed by atoms with Crippen molar-refractivity contribution in [2.45, 2.75) is 20.8 Å². The zero-order valence-electron chi connectivity index (χ0n) is 20.8. The first kappa shape index (κ1) is 23.1. The molecule has 1 aliphatic heterocycles. The number of aryl methyl sites for hydroxylation is 3. The van der Waals surface area contributed by atoms with E-state index in [0.29, 0.717) is 5.56 Å². The van der Waals surface area contributed by atoms with Gasteiger partial charge in [0, 0.05) is 23.5 Å². The number of hydrogen-bond acceptors (Lipinski definition) is 4. The van der Waals surface area contributed by atoms with Crippen LogP contribution in [0.5, 0.6) is 0 Å². The number of nitro groups is 1. The van der Waals surface area contributed by atoms with Crippen LogP contribution in [0.15, 0.2) is 84.5 Å². The quantitative estimate of drug-likeness (QED) is 0.196. The molecule has 2 bridgehead atoms. The first-order valence-corrected chi connectivity index (χ1v) is 12.5. The van der Waals surface area contributed by atoms with Crippen molar-refractivity contribution in [2.24, 2.45) is 23.7 Å². The molecule has 3 aromatic rings. The van der Waals surface area contributed by atoms with Gasteiger partial charge in [-0.15, -0.1) is 0 Å². The summed E-state index contributed by atoms with van der Waals surface area (Å²) in [5, 5.41) is 11.5. The van der Waals surface area contributed by atoms with E-state index in [0.717, 1.165) is 33.4 Å². The Labute approximate surface area is 215 Å². The molecule has 0 aromatic heterocycles. The van der Waals surface area contributed by atoms with Gasteiger partial charge in [-0.25, -0.2) is 4.90 Å². The monoisotopic (exact) mass is 490 g/mol. The molecule has 3 aliphatic rings. The van der Waals surface area contributed by atoms with E-state index in [1.807, 2.05) is 0 Å². The number of nitrogens with zero attached hydrogens (tertiary/aromatic N) is 2. The topological polar surface area (TPSA) is 80.5 Å². The summed E-state index contributed by atoms with van der Waals surface area (Å²) in [7, 11) is 0. The Morgan fingerprint density at radius 3 is 1.70 bits per heavy atom. The number of anilines is 1. The fourth-order valence-electron chi connectivity index (χ4n) is 6.23. The number of rotatable bonds is 4. The average molecular weight is 491 g/mol. The van der Waals surface area contributed by atoms with Gasteiger partial charge in [-0.05, 0) is 49.1 Å². The smallest absolute Gasteiger partial charge is 0.274 e. The molecule has 2 amide bonds. The van der Waals surface area contributed by atoms with E-state index in [4.69, 9.17) is 0 Å². The number of imide groups is 1. The molecule has 6 heteroatoms. The minimum absolute atomic E-state index is 0.0992. The predicted molar refractivity (Wildman–Crippen MR) is 142 cm³/mol. The third kappa shape index (κ3) is 3.47. The number of hydrogen-bond donors (Lipinski definition) is 0. The highest BCUT2D eigenvalue weighted by Gasteiger charge is 2.62. The summed E-state index contributed by atoms with van der Waals surface area (Å²) in [4.78, 5) is 39.7. The Balaban J connectivity index is 1.46. The van der Waals surface area contributed by atoms with Gasteiger partial charge in [0.2, 0.25) is 11.8 Å². The van der Waals surface area contributed by atoms with Gasteiger partial charge in [0.25, 0.3) is 5.69 Å². The maximum atomic E-state index is 13.8. The number of allylic oxidation sites excluding steroid dienone is 3. The van der Waals surface area contributed by atoms with E-state index in [1.165, 1.54) is 11.0 Å². The summed E-state index contributed by atoms with van der Waals surface area (Å²) in [5.41, 5.74) is 7.29. The summed E-state index contributed by atoms with van der Waals surface area (Å²) in [6.45, 7) is 5.74. The number of carbonyl (C=O) groups excluding carboxylic acids is 2. The van der Waals surface area contributed by atoms with Gasteiger partial charge in [-0.1, -0.05) is 77.9 Å². The van der Waals surface area contributed by atoms with E-state index in [9.17, 15) is 19.7 Å². The number of benzene rings is 3. The van der Waals surface area contributed by atoms with E-state index in [1.54, 1.807) is 19.1 Å². The fourth-order valence-corrected chi connectivity index (χ4v) is 6.23. The Hall–Kier alpha value is -4.32. The minimum atomic E-state index is -0.510. The summed E-state index contributed by atoms with van der Waals surface area (Å²) >= 11 is 0. The normalized spacial score (nSPS) is 23.6. The van der Waals surface area contributed by atoms with Crippen molar-refractivity contribution in [3.63, 3.8) is 0 Å². The molecule has 184 valence electrons. The lowest BCUT2D eigenvalue weighted by atomic mass is 9.85. The van der Waals surface area contributed by atoms with Crippen molar-refractivity contribution in [1.82, 2.24) is 0 Å². The molecule has 0 spiro atoms. The van der Waals surface area contributed by atoms with Crippen molar-refractivity contribution in [3.05, 3.63) is 122 Å². The molecule has 1 saturated heterocycles. The third-order valence-electron chi connectivity index (χ3n) is 8.03. The predicted octanol–water partition coefficient (Wildman–Crippen LogP) is 5.94. The second-order valence-electron chi connectivity index (χ2n) is 10.3. The molecular weight excluding hydrogens is 464 g/mol. The van der Waals surface area contributed by atoms with E-state index < -0.39 is 16.8 Å². The van der Waals surface area contributed by atoms with Gasteiger partial charge in [-0.2, -0.15) is 0 Å². The Kier molecular flexibility index (Phi) is 5.23. The highest BCUT2D eigenvalue weighted by Crippen LogP contribution is 2.59. The zero-order chi connectivity index (χ0) is 26.0. The summed E-state index contributed by atoms with van der Waals surface area (Å²) in [6, 6.07) is 21.3. The van der Waals surface area contributed by atoms with Crippen LogP contribution in [0.1, 0.15) is 27.8 Å². The largest absolute Gasteiger partial charge is 0.274 e. The van der Waals surface area contributed by atoms with Gasteiger partial charge in [0.1, 0.15) is 0 Å². The molecule has 4 atom stereocenters. The lowest BCUT2D eigenvalue weighted by molar-refractivity contribution is -0.385. The summed E-state index contributed by atoms with van der Waals surface area (Å²) in [6.07, 6.45) is 4.13. The van der Waals surface area contributed by atoms with Crippen molar-refractivity contribution in [3.8, 4) is 0 Å². The molecule has 0 N–H and O–H groups in total. The molecule has 2 aliphatic carbocycles. The van der Waals surface area contributed by atoms with Crippen molar-refractivity contribution in [1.29, 1.82) is 0 Å². The van der Waals surface area contributed by atoms with E-state index in [2.05, 4.69) is 74.5 Å². The summed E-state index contributed by atoms with van der Waals surface area (Å²) < 4.78 is 0. The van der Waals surface area contributed by atoms with Crippen LogP contribution in [0, 0.1) is 54.6 Å². The maximum Gasteiger partial charge on any atom is 0.274 e. The molecule has 3 aromatic carbocycles. The SMILES string of the molecule is Cc1ccc(C(=C2[C@H]3C=C[C@H]2[C@H]2C(=O)N(c4ccc(C)c([N+](=O)[O-])c4)C(=O)[C@H]23)c2ccc(C)cc2)cc1. The fraction of sp³-hybridized carbons (Fsp3) is 0.226. The molecule has 6 rings (SSSR count). The molecule has 37 heavy (non-hydrogen) atoms. The van der Waals surface area contributed by atoms with Crippen molar-refractivity contribution < 1.29 is 14.5 Å². The highest BCUT2D eigenvalue weighted by atomic mass is 16.6. The number of nitro benzene ring substituents is 1. The zero-order valence-corrected chi connectivity index (χ0v) is 20.8. The molecule has 0 unspecified atom stereocenters. The van der Waals surface area contributed by atoms with Gasteiger partial charge in [0.15, 0.2) is 0 Å². The number of amides is 2. The Bertz CT molecular complexity index is 1450. The first-order chi connectivity index (χ1) is 17.8. The van der Waals surface area contributed by atoms with Crippen LogP contribution in [-0.2, 0) is 9.59 Å². The second kappa shape index (κ2) is 8.37. The van der Waals surface area contributed by atoms with Crippen LogP contribution in [-0.4, -0.2) is 16.7 Å². The van der Waals surface area contributed by atoms with Crippen LogP contribution in [0.2, 0.25) is 0 Å². The second-order valence-corrected chi connectivity index (χ2v) is 10.3. The maximum absolute atomic E-state index is 13.8. The van der Waals surface area contributed by atoms with Crippen molar-refractivity contribution >= 4 is 28.8 Å². The molecule has 1 saturated carbocycles. The van der Waals surface area contributed by atoms with Gasteiger partial charge < -0.3 is 0 Å². The Morgan fingerprint density at radius 2 is 1.24 bits per heavy atom.